The molecule has 28 heavy (non-hydrogen) atoms. The van der Waals surface area contributed by atoms with Crippen LogP contribution < -0.4 is 0 Å². The molecule has 0 aliphatic carbocycles. The van der Waals surface area contributed by atoms with Gasteiger partial charge < -0.3 is 14.4 Å². The van der Waals surface area contributed by atoms with E-state index >= 15 is 0 Å². The van der Waals surface area contributed by atoms with Crippen LogP contribution >= 0.6 is 0 Å². The smallest absolute Gasteiger partial charge is 0.108 e. The highest BCUT2D eigenvalue weighted by molar-refractivity contribution is 5.29. The van der Waals surface area contributed by atoms with Crippen LogP contribution in [0.15, 0.2) is 60.7 Å². The quantitative estimate of drug-likeness (QED) is 0.616. The number of hydrogen-bond acceptors (Lipinski definition) is 4. The molecule has 0 bridgehead atoms. The van der Waals surface area contributed by atoms with Gasteiger partial charge in [0.15, 0.2) is 0 Å². The zero-order valence-electron chi connectivity index (χ0n) is 17.5. The van der Waals surface area contributed by atoms with Gasteiger partial charge in [-0.05, 0) is 32.0 Å². The Hall–Kier alpha value is -1.72. The van der Waals surface area contributed by atoms with Crippen LogP contribution in [0.4, 0.5) is 0 Å². The molecule has 2 aromatic rings. The van der Waals surface area contributed by atoms with E-state index in [-0.39, 0.29) is 6.10 Å². The number of piperazine rings is 1. The number of benzene rings is 2. The molecule has 1 aliphatic rings. The minimum atomic E-state index is -0.0514. The van der Waals surface area contributed by atoms with Crippen molar-refractivity contribution in [1.29, 1.82) is 0 Å². The molecule has 4 heteroatoms. The Morgan fingerprint density at radius 3 is 2.04 bits per heavy atom. The summed E-state index contributed by atoms with van der Waals surface area (Å²) < 4.78 is 12.1. The van der Waals surface area contributed by atoms with Gasteiger partial charge in [0.05, 0.1) is 19.8 Å². The van der Waals surface area contributed by atoms with E-state index in [1.165, 1.54) is 11.1 Å². The van der Waals surface area contributed by atoms with Crippen LogP contribution in [0.3, 0.4) is 0 Å². The number of hydrogen-bond donors (Lipinski definition) is 0. The maximum absolute atomic E-state index is 6.21. The van der Waals surface area contributed by atoms with Crippen LogP contribution in [0.1, 0.15) is 31.1 Å². The Balaban J connectivity index is 1.43. The topological polar surface area (TPSA) is 24.9 Å². The van der Waals surface area contributed by atoms with Gasteiger partial charge in [-0.25, -0.2) is 0 Å². The van der Waals surface area contributed by atoms with Gasteiger partial charge in [0.2, 0.25) is 0 Å². The maximum Gasteiger partial charge on any atom is 0.108 e. The molecule has 2 atom stereocenters. The molecule has 2 aromatic carbocycles. The zero-order chi connectivity index (χ0) is 19.8. The molecular formula is C24H34N2O2. The fourth-order valence-corrected chi connectivity index (χ4v) is 3.83. The third-order valence-electron chi connectivity index (χ3n) is 5.67. The van der Waals surface area contributed by atoms with Gasteiger partial charge in [-0.3, -0.25) is 4.90 Å². The van der Waals surface area contributed by atoms with Gasteiger partial charge in [-0.2, -0.15) is 0 Å². The first-order valence-electron chi connectivity index (χ1n) is 10.4. The van der Waals surface area contributed by atoms with Gasteiger partial charge in [-0.1, -0.05) is 60.7 Å². The van der Waals surface area contributed by atoms with Crippen LogP contribution in [0.25, 0.3) is 0 Å². The van der Waals surface area contributed by atoms with E-state index in [2.05, 4.69) is 79.2 Å². The normalized spacial score (nSPS) is 21.3. The van der Waals surface area contributed by atoms with E-state index in [9.17, 15) is 0 Å². The molecule has 0 radical (unpaired) electrons. The third kappa shape index (κ3) is 5.89. The molecule has 152 valence electrons. The lowest BCUT2D eigenvalue weighted by Gasteiger charge is -2.42. The van der Waals surface area contributed by atoms with Gasteiger partial charge in [0, 0.05) is 31.7 Å². The second kappa shape index (κ2) is 10.7. The fraction of sp³-hybridized carbons (Fsp3) is 0.500. The highest BCUT2D eigenvalue weighted by atomic mass is 16.5. The predicted molar refractivity (Wildman–Crippen MR) is 115 cm³/mol. The largest absolute Gasteiger partial charge is 0.378 e. The molecule has 1 heterocycles. The molecule has 1 aliphatic heterocycles. The number of likely N-dealkylation sites (N-methyl/N-ethyl adjacent to an activating group) is 1. The van der Waals surface area contributed by atoms with E-state index in [4.69, 9.17) is 9.47 Å². The summed E-state index contributed by atoms with van der Waals surface area (Å²) in [6, 6.07) is 22.0. The van der Waals surface area contributed by atoms with Crippen LogP contribution in [-0.4, -0.2) is 68.4 Å². The molecule has 0 N–H and O–H groups in total. The van der Waals surface area contributed by atoms with E-state index in [0.29, 0.717) is 25.3 Å². The van der Waals surface area contributed by atoms with E-state index in [0.717, 1.165) is 26.2 Å². The Bertz CT molecular complexity index is 640. The lowest BCUT2D eigenvalue weighted by Crippen LogP contribution is -2.55. The summed E-state index contributed by atoms with van der Waals surface area (Å²) in [6.45, 7) is 9.78. The molecule has 4 nitrogen and oxygen atoms in total. The second-order valence-corrected chi connectivity index (χ2v) is 7.82. The fourth-order valence-electron chi connectivity index (χ4n) is 3.83. The van der Waals surface area contributed by atoms with Gasteiger partial charge in [0.25, 0.3) is 0 Å². The maximum atomic E-state index is 6.21. The van der Waals surface area contributed by atoms with Crippen LogP contribution in [-0.2, 0) is 9.47 Å². The van der Waals surface area contributed by atoms with Crippen LogP contribution in [0.2, 0.25) is 0 Å². The predicted octanol–water partition coefficient (Wildman–Crippen LogP) is 3.83. The summed E-state index contributed by atoms with van der Waals surface area (Å²) >= 11 is 0. The standard InChI is InChI=1S/C24H34N2O2/c1-20-19-26(21(2)18-25(20)3)14-15-27-16-17-28-24(22-10-6-4-7-11-22)23-12-8-5-9-13-23/h4-13,20-21,24H,14-19H2,1-3H3/t20-,21+/m0/s1. The average molecular weight is 383 g/mol. The highest BCUT2D eigenvalue weighted by Crippen LogP contribution is 2.25. The first-order valence-corrected chi connectivity index (χ1v) is 10.4. The van der Waals surface area contributed by atoms with Gasteiger partial charge in [0.1, 0.15) is 6.10 Å². The Kier molecular flexibility index (Phi) is 8.04. The molecule has 0 unspecified atom stereocenters. The van der Waals surface area contributed by atoms with Crippen molar-refractivity contribution in [3.05, 3.63) is 71.8 Å². The van der Waals surface area contributed by atoms with E-state index in [1.807, 2.05) is 12.1 Å². The highest BCUT2D eigenvalue weighted by Gasteiger charge is 2.26. The van der Waals surface area contributed by atoms with E-state index in [1.54, 1.807) is 0 Å². The summed E-state index contributed by atoms with van der Waals surface area (Å²) in [7, 11) is 2.21. The van der Waals surface area contributed by atoms with Crippen molar-refractivity contribution in [2.45, 2.75) is 32.0 Å². The monoisotopic (exact) mass is 382 g/mol. The SMILES string of the molecule is C[C@@H]1CN(C)[C@@H](C)CN1CCOCCOC(c1ccccc1)c1ccccc1. The van der Waals surface area contributed by atoms with Gasteiger partial charge in [-0.15, -0.1) is 0 Å². The molecule has 1 saturated heterocycles. The Labute approximate surface area is 170 Å². The van der Waals surface area contributed by atoms with Crippen LogP contribution in [0, 0.1) is 0 Å². The van der Waals surface area contributed by atoms with Crippen molar-refractivity contribution in [1.82, 2.24) is 9.80 Å². The Morgan fingerprint density at radius 2 is 1.43 bits per heavy atom. The Morgan fingerprint density at radius 1 is 0.821 bits per heavy atom. The first kappa shape index (κ1) is 21.0. The van der Waals surface area contributed by atoms with Crippen LogP contribution in [0.5, 0.6) is 0 Å². The number of ether oxygens (including phenoxy) is 2. The van der Waals surface area contributed by atoms with Crippen molar-refractivity contribution >= 4 is 0 Å². The summed E-state index contributed by atoms with van der Waals surface area (Å²) in [5, 5.41) is 0. The molecule has 1 fully saturated rings. The molecule has 0 saturated carbocycles. The summed E-state index contributed by atoms with van der Waals surface area (Å²) in [5.74, 6) is 0. The molecule has 0 amide bonds. The minimum Gasteiger partial charge on any atom is -0.378 e. The lowest BCUT2D eigenvalue weighted by atomic mass is 10.0. The second-order valence-electron chi connectivity index (χ2n) is 7.82. The number of rotatable bonds is 9. The molecule has 3 rings (SSSR count). The third-order valence-corrected chi connectivity index (χ3v) is 5.67. The summed E-state index contributed by atoms with van der Waals surface area (Å²) in [5.41, 5.74) is 2.35. The molecule has 0 spiro atoms. The van der Waals surface area contributed by atoms with Crippen molar-refractivity contribution in [3.63, 3.8) is 0 Å². The van der Waals surface area contributed by atoms with Crippen molar-refractivity contribution < 1.29 is 9.47 Å². The van der Waals surface area contributed by atoms with E-state index < -0.39 is 0 Å². The molecule has 0 aromatic heterocycles. The van der Waals surface area contributed by atoms with Crippen molar-refractivity contribution in [3.8, 4) is 0 Å². The van der Waals surface area contributed by atoms with Gasteiger partial charge >= 0.3 is 0 Å². The molecular weight excluding hydrogens is 348 g/mol. The summed E-state index contributed by atoms with van der Waals surface area (Å²) in [6.07, 6.45) is -0.0514. The average Bonchev–Trinajstić information content (AvgIpc) is 2.72. The number of nitrogens with zero attached hydrogens (tertiary/aromatic N) is 2. The van der Waals surface area contributed by atoms with Crippen molar-refractivity contribution in [2.75, 3.05) is 46.5 Å². The summed E-state index contributed by atoms with van der Waals surface area (Å²) in [4.78, 5) is 4.96. The van der Waals surface area contributed by atoms with Crippen molar-refractivity contribution in [2.24, 2.45) is 0 Å². The first-order chi connectivity index (χ1) is 13.6. The lowest BCUT2D eigenvalue weighted by molar-refractivity contribution is -0.000733. The minimum absolute atomic E-state index is 0.0514. The zero-order valence-corrected chi connectivity index (χ0v) is 17.5.